The summed E-state index contributed by atoms with van der Waals surface area (Å²) in [6, 6.07) is 0. The fraction of sp³-hybridized carbons (Fsp3) is 0.333. The summed E-state index contributed by atoms with van der Waals surface area (Å²) in [5.74, 6) is 0.861. The lowest BCUT2D eigenvalue weighted by atomic mass is 10.4. The summed E-state index contributed by atoms with van der Waals surface area (Å²) in [6.45, 7) is 3.78. The lowest BCUT2D eigenvalue weighted by Gasteiger charge is -2.04. The molecule has 0 saturated carbocycles. The van der Waals surface area contributed by atoms with Crippen molar-refractivity contribution >= 4 is 23.4 Å². The van der Waals surface area contributed by atoms with Crippen LogP contribution in [-0.2, 0) is 7.05 Å². The molecule has 0 N–H and O–H groups in total. The van der Waals surface area contributed by atoms with Crippen molar-refractivity contribution in [2.24, 2.45) is 7.05 Å². The molecule has 0 spiro atoms. The van der Waals surface area contributed by atoms with Gasteiger partial charge in [-0.1, -0.05) is 11.6 Å². The topological polar surface area (TPSA) is 56.5 Å². The van der Waals surface area contributed by atoms with Crippen LogP contribution in [-0.4, -0.2) is 24.7 Å². The van der Waals surface area contributed by atoms with Crippen LogP contribution in [0.1, 0.15) is 11.4 Å². The highest BCUT2D eigenvalue weighted by atomic mass is 35.5. The van der Waals surface area contributed by atoms with Gasteiger partial charge in [0, 0.05) is 12.6 Å². The van der Waals surface area contributed by atoms with Crippen molar-refractivity contribution in [3.05, 3.63) is 22.9 Å². The van der Waals surface area contributed by atoms with E-state index in [1.54, 1.807) is 0 Å². The SMILES string of the molecule is Cc1c(Cl)ncnc1Sc1nnc(C)n1C. The van der Waals surface area contributed by atoms with Crippen LogP contribution in [0.25, 0.3) is 0 Å². The molecule has 2 rings (SSSR count). The first-order valence-corrected chi connectivity index (χ1v) is 5.80. The first-order chi connectivity index (χ1) is 7.59. The molecule has 16 heavy (non-hydrogen) atoms. The highest BCUT2D eigenvalue weighted by Crippen LogP contribution is 2.28. The van der Waals surface area contributed by atoms with Gasteiger partial charge < -0.3 is 4.57 Å². The van der Waals surface area contributed by atoms with E-state index in [1.807, 2.05) is 25.5 Å². The van der Waals surface area contributed by atoms with Gasteiger partial charge in [-0.25, -0.2) is 9.97 Å². The zero-order valence-electron chi connectivity index (χ0n) is 9.10. The normalized spacial score (nSPS) is 10.8. The molecule has 0 unspecified atom stereocenters. The van der Waals surface area contributed by atoms with Crippen LogP contribution in [0.3, 0.4) is 0 Å². The summed E-state index contributed by atoms with van der Waals surface area (Å²) >= 11 is 7.35. The number of aryl methyl sites for hydroxylation is 1. The van der Waals surface area contributed by atoms with Gasteiger partial charge in [-0.2, -0.15) is 0 Å². The molecule has 0 aliphatic heterocycles. The number of aromatic nitrogens is 5. The van der Waals surface area contributed by atoms with E-state index in [0.717, 1.165) is 21.6 Å². The first kappa shape index (κ1) is 11.3. The maximum atomic E-state index is 5.92. The quantitative estimate of drug-likeness (QED) is 0.769. The average molecular weight is 256 g/mol. The fourth-order valence-corrected chi connectivity index (χ4v) is 2.14. The highest BCUT2D eigenvalue weighted by Gasteiger charge is 2.11. The second-order valence-corrected chi connectivity index (χ2v) is 4.60. The number of hydrogen-bond acceptors (Lipinski definition) is 5. The summed E-state index contributed by atoms with van der Waals surface area (Å²) in [5.41, 5.74) is 0.856. The third-order valence-corrected chi connectivity index (χ3v) is 3.74. The van der Waals surface area contributed by atoms with Gasteiger partial charge in [-0.05, 0) is 25.6 Å². The average Bonchev–Trinajstić information content (AvgIpc) is 2.57. The van der Waals surface area contributed by atoms with E-state index in [0.29, 0.717) is 5.15 Å². The molecule has 0 atom stereocenters. The van der Waals surface area contributed by atoms with Gasteiger partial charge in [0.15, 0.2) is 5.16 Å². The Bertz CT molecular complexity index is 525. The fourth-order valence-electron chi connectivity index (χ4n) is 1.08. The molecular formula is C9H10ClN5S. The molecule has 0 aliphatic rings. The number of rotatable bonds is 2. The summed E-state index contributed by atoms with van der Waals surface area (Å²) in [4.78, 5) is 8.08. The van der Waals surface area contributed by atoms with Gasteiger partial charge in [0.25, 0.3) is 0 Å². The smallest absolute Gasteiger partial charge is 0.197 e. The molecule has 7 heteroatoms. The van der Waals surface area contributed by atoms with E-state index in [4.69, 9.17) is 11.6 Å². The van der Waals surface area contributed by atoms with Gasteiger partial charge in [0.2, 0.25) is 0 Å². The van der Waals surface area contributed by atoms with Crippen LogP contribution in [0.2, 0.25) is 5.15 Å². The maximum absolute atomic E-state index is 5.92. The third-order valence-electron chi connectivity index (χ3n) is 2.22. The van der Waals surface area contributed by atoms with E-state index in [1.165, 1.54) is 18.1 Å². The molecular weight excluding hydrogens is 246 g/mol. The Morgan fingerprint density at radius 2 is 2.00 bits per heavy atom. The van der Waals surface area contributed by atoms with Gasteiger partial charge in [-0.3, -0.25) is 0 Å². The molecule has 2 heterocycles. The zero-order chi connectivity index (χ0) is 11.7. The molecule has 0 radical (unpaired) electrons. The Kier molecular flexibility index (Phi) is 3.11. The molecule has 84 valence electrons. The minimum atomic E-state index is 0.469. The standard InChI is InChI=1S/C9H10ClN5S/c1-5-7(10)11-4-12-8(5)16-9-14-13-6(2)15(9)3/h4H,1-3H3. The summed E-state index contributed by atoms with van der Waals surface area (Å²) in [6.07, 6.45) is 1.45. The van der Waals surface area contributed by atoms with Gasteiger partial charge in [0.05, 0.1) is 0 Å². The van der Waals surface area contributed by atoms with Crippen LogP contribution < -0.4 is 0 Å². The van der Waals surface area contributed by atoms with Crippen LogP contribution in [0.15, 0.2) is 16.5 Å². The van der Waals surface area contributed by atoms with Gasteiger partial charge in [-0.15, -0.1) is 10.2 Å². The van der Waals surface area contributed by atoms with Gasteiger partial charge in [0.1, 0.15) is 22.3 Å². The summed E-state index contributed by atoms with van der Waals surface area (Å²) in [7, 11) is 1.91. The molecule has 0 amide bonds. The molecule has 0 fully saturated rings. The Hall–Kier alpha value is -1.14. The molecule has 0 saturated heterocycles. The Morgan fingerprint density at radius 3 is 2.62 bits per heavy atom. The van der Waals surface area contributed by atoms with Crippen LogP contribution >= 0.6 is 23.4 Å². The molecule has 2 aromatic rings. The van der Waals surface area contributed by atoms with Crippen molar-refractivity contribution in [1.82, 2.24) is 24.7 Å². The number of halogens is 1. The highest BCUT2D eigenvalue weighted by molar-refractivity contribution is 7.99. The maximum Gasteiger partial charge on any atom is 0.197 e. The Morgan fingerprint density at radius 1 is 1.25 bits per heavy atom. The largest absolute Gasteiger partial charge is 0.309 e. The Balaban J connectivity index is 2.34. The molecule has 0 aliphatic carbocycles. The number of hydrogen-bond donors (Lipinski definition) is 0. The lowest BCUT2D eigenvalue weighted by Crippen LogP contribution is -1.95. The van der Waals surface area contributed by atoms with Crippen LogP contribution in [0.4, 0.5) is 0 Å². The van der Waals surface area contributed by atoms with Crippen LogP contribution in [0.5, 0.6) is 0 Å². The zero-order valence-corrected chi connectivity index (χ0v) is 10.7. The molecule has 0 bridgehead atoms. The van der Waals surface area contributed by atoms with E-state index in [2.05, 4.69) is 20.2 Å². The first-order valence-electron chi connectivity index (χ1n) is 4.60. The second kappa shape index (κ2) is 4.39. The Labute approximate surface area is 102 Å². The minimum absolute atomic E-state index is 0.469. The van der Waals surface area contributed by atoms with E-state index < -0.39 is 0 Å². The van der Waals surface area contributed by atoms with Gasteiger partial charge >= 0.3 is 0 Å². The van der Waals surface area contributed by atoms with Crippen molar-refractivity contribution < 1.29 is 0 Å². The molecule has 0 aromatic carbocycles. The van der Waals surface area contributed by atoms with Crippen molar-refractivity contribution in [3.8, 4) is 0 Å². The van der Waals surface area contributed by atoms with E-state index >= 15 is 0 Å². The van der Waals surface area contributed by atoms with Crippen molar-refractivity contribution in [2.75, 3.05) is 0 Å². The van der Waals surface area contributed by atoms with E-state index in [9.17, 15) is 0 Å². The van der Waals surface area contributed by atoms with E-state index in [-0.39, 0.29) is 0 Å². The summed E-state index contributed by atoms with van der Waals surface area (Å²) in [5, 5.41) is 10.1. The third kappa shape index (κ3) is 2.03. The molecule has 5 nitrogen and oxygen atoms in total. The summed E-state index contributed by atoms with van der Waals surface area (Å²) < 4.78 is 1.90. The van der Waals surface area contributed by atoms with Crippen molar-refractivity contribution in [2.45, 2.75) is 24.0 Å². The lowest BCUT2D eigenvalue weighted by molar-refractivity contribution is 0.764. The van der Waals surface area contributed by atoms with Crippen LogP contribution in [0, 0.1) is 13.8 Å². The minimum Gasteiger partial charge on any atom is -0.309 e. The van der Waals surface area contributed by atoms with Crippen molar-refractivity contribution in [1.29, 1.82) is 0 Å². The predicted octanol–water partition coefficient (Wildman–Crippen LogP) is 2.03. The van der Waals surface area contributed by atoms with Crippen molar-refractivity contribution in [3.63, 3.8) is 0 Å². The predicted molar refractivity (Wildman–Crippen MR) is 61.6 cm³/mol. The molecule has 2 aromatic heterocycles. The number of nitrogens with zero attached hydrogens (tertiary/aromatic N) is 5. The second-order valence-electron chi connectivity index (χ2n) is 3.29. The monoisotopic (exact) mass is 255 g/mol.